The van der Waals surface area contributed by atoms with E-state index in [-0.39, 0.29) is 29.9 Å². The number of para-hydroxylation sites is 1. The third kappa shape index (κ3) is 5.55. The summed E-state index contributed by atoms with van der Waals surface area (Å²) in [6.07, 6.45) is 1.87. The highest BCUT2D eigenvalue weighted by molar-refractivity contribution is 7.99. The molecule has 0 fully saturated rings. The lowest BCUT2D eigenvalue weighted by atomic mass is 10.0. The second-order valence-electron chi connectivity index (χ2n) is 8.69. The minimum absolute atomic E-state index is 0.0244. The Morgan fingerprint density at radius 3 is 2.68 bits per heavy atom. The number of hydrogen-bond acceptors (Lipinski definition) is 6. The van der Waals surface area contributed by atoms with Crippen LogP contribution in [0.1, 0.15) is 28.2 Å². The monoisotopic (exact) mass is 531 g/mol. The van der Waals surface area contributed by atoms with Crippen molar-refractivity contribution in [3.63, 3.8) is 0 Å². The SMILES string of the molecule is COc1cccc(C(=O)NCc2nnc(SCC(=O)N3CCCc4ccccc43)n2-c2ccc(F)cc2)c1. The van der Waals surface area contributed by atoms with Crippen LogP contribution in [0, 0.1) is 5.82 Å². The summed E-state index contributed by atoms with van der Waals surface area (Å²) in [5.41, 5.74) is 3.19. The molecule has 0 unspecified atom stereocenters. The summed E-state index contributed by atoms with van der Waals surface area (Å²) in [4.78, 5) is 27.8. The highest BCUT2D eigenvalue weighted by atomic mass is 32.2. The second-order valence-corrected chi connectivity index (χ2v) is 9.63. The molecule has 194 valence electrons. The van der Waals surface area contributed by atoms with E-state index in [9.17, 15) is 14.0 Å². The quantitative estimate of drug-likeness (QED) is 0.339. The summed E-state index contributed by atoms with van der Waals surface area (Å²) < 4.78 is 20.6. The lowest BCUT2D eigenvalue weighted by Gasteiger charge is -2.29. The van der Waals surface area contributed by atoms with Crippen molar-refractivity contribution in [1.82, 2.24) is 20.1 Å². The molecular formula is C28H26FN5O3S. The van der Waals surface area contributed by atoms with E-state index in [1.54, 1.807) is 41.0 Å². The summed E-state index contributed by atoms with van der Waals surface area (Å²) in [5.74, 6) is 0.485. The van der Waals surface area contributed by atoms with Crippen LogP contribution in [0.15, 0.2) is 78.0 Å². The predicted octanol–water partition coefficient (Wildman–Crippen LogP) is 4.42. The number of anilines is 1. The first-order valence-electron chi connectivity index (χ1n) is 12.2. The molecule has 0 radical (unpaired) electrons. The van der Waals surface area contributed by atoms with Gasteiger partial charge < -0.3 is 15.0 Å². The minimum Gasteiger partial charge on any atom is -0.497 e. The lowest BCUT2D eigenvalue weighted by Crippen LogP contribution is -2.36. The zero-order valence-corrected chi connectivity index (χ0v) is 21.6. The van der Waals surface area contributed by atoms with Crippen LogP contribution in [0.3, 0.4) is 0 Å². The summed E-state index contributed by atoms with van der Waals surface area (Å²) in [5, 5.41) is 11.9. The average molecular weight is 532 g/mol. The Balaban J connectivity index is 1.34. The number of aromatic nitrogens is 3. The molecule has 0 spiro atoms. The van der Waals surface area contributed by atoms with E-state index < -0.39 is 0 Å². The number of nitrogens with zero attached hydrogens (tertiary/aromatic N) is 4. The smallest absolute Gasteiger partial charge is 0.251 e. The van der Waals surface area contributed by atoms with E-state index in [1.807, 2.05) is 23.1 Å². The van der Waals surface area contributed by atoms with Crippen LogP contribution in [-0.4, -0.2) is 46.0 Å². The molecule has 1 aromatic heterocycles. The first-order valence-corrected chi connectivity index (χ1v) is 13.2. The maximum atomic E-state index is 13.7. The first-order chi connectivity index (χ1) is 18.5. The number of halogens is 1. The zero-order chi connectivity index (χ0) is 26.5. The van der Waals surface area contributed by atoms with Gasteiger partial charge in [0.25, 0.3) is 5.91 Å². The molecular weight excluding hydrogens is 505 g/mol. The summed E-state index contributed by atoms with van der Waals surface area (Å²) >= 11 is 1.25. The Morgan fingerprint density at radius 1 is 1.05 bits per heavy atom. The van der Waals surface area contributed by atoms with Crippen molar-refractivity contribution >= 4 is 29.3 Å². The minimum atomic E-state index is -0.372. The van der Waals surface area contributed by atoms with Crippen molar-refractivity contribution in [3.8, 4) is 11.4 Å². The average Bonchev–Trinajstić information content (AvgIpc) is 3.37. The maximum absolute atomic E-state index is 13.7. The van der Waals surface area contributed by atoms with Crippen LogP contribution in [0.25, 0.3) is 5.69 Å². The van der Waals surface area contributed by atoms with Gasteiger partial charge in [-0.05, 0) is 66.9 Å². The number of methoxy groups -OCH3 is 1. The van der Waals surface area contributed by atoms with Crippen LogP contribution in [-0.2, 0) is 17.8 Å². The van der Waals surface area contributed by atoms with Gasteiger partial charge in [0.15, 0.2) is 11.0 Å². The van der Waals surface area contributed by atoms with E-state index in [0.29, 0.717) is 34.5 Å². The van der Waals surface area contributed by atoms with Crippen molar-refractivity contribution in [3.05, 3.63) is 95.6 Å². The number of amides is 2. The molecule has 1 aliphatic rings. The number of nitrogens with one attached hydrogen (secondary N) is 1. The molecule has 8 nitrogen and oxygen atoms in total. The molecule has 38 heavy (non-hydrogen) atoms. The Morgan fingerprint density at radius 2 is 1.87 bits per heavy atom. The Bertz CT molecular complexity index is 1460. The molecule has 1 aliphatic heterocycles. The molecule has 2 amide bonds. The van der Waals surface area contributed by atoms with Crippen molar-refractivity contribution in [1.29, 1.82) is 0 Å². The fraction of sp³-hybridized carbons (Fsp3) is 0.214. The van der Waals surface area contributed by atoms with Gasteiger partial charge in [-0.2, -0.15) is 0 Å². The highest BCUT2D eigenvalue weighted by Gasteiger charge is 2.24. The van der Waals surface area contributed by atoms with Gasteiger partial charge in [0.2, 0.25) is 5.91 Å². The summed E-state index contributed by atoms with van der Waals surface area (Å²) in [6.45, 7) is 0.747. The van der Waals surface area contributed by atoms with E-state index in [4.69, 9.17) is 4.74 Å². The van der Waals surface area contributed by atoms with Crippen molar-refractivity contribution in [2.24, 2.45) is 0 Å². The van der Waals surface area contributed by atoms with Gasteiger partial charge in [0.05, 0.1) is 19.4 Å². The van der Waals surface area contributed by atoms with Crippen LogP contribution in [0.2, 0.25) is 0 Å². The molecule has 0 bridgehead atoms. The molecule has 0 saturated heterocycles. The van der Waals surface area contributed by atoms with Crippen molar-refractivity contribution < 1.29 is 18.7 Å². The largest absolute Gasteiger partial charge is 0.497 e. The van der Waals surface area contributed by atoms with Crippen LogP contribution < -0.4 is 15.0 Å². The molecule has 1 N–H and O–H groups in total. The number of carbonyl (C=O) groups is 2. The highest BCUT2D eigenvalue weighted by Crippen LogP contribution is 2.29. The number of aryl methyl sites for hydroxylation is 1. The molecule has 0 saturated carbocycles. The molecule has 4 aromatic rings. The third-order valence-electron chi connectivity index (χ3n) is 6.26. The number of hydrogen-bond donors (Lipinski definition) is 1. The number of rotatable bonds is 8. The molecule has 5 rings (SSSR count). The fourth-order valence-corrected chi connectivity index (χ4v) is 5.23. The van der Waals surface area contributed by atoms with Gasteiger partial charge >= 0.3 is 0 Å². The van der Waals surface area contributed by atoms with E-state index in [2.05, 4.69) is 21.6 Å². The first kappa shape index (κ1) is 25.5. The molecule has 0 atom stereocenters. The predicted molar refractivity (Wildman–Crippen MR) is 143 cm³/mol. The maximum Gasteiger partial charge on any atom is 0.251 e. The van der Waals surface area contributed by atoms with Gasteiger partial charge in [0, 0.05) is 23.5 Å². The topological polar surface area (TPSA) is 89.3 Å². The number of thioether (sulfide) groups is 1. The summed E-state index contributed by atoms with van der Waals surface area (Å²) in [6, 6.07) is 20.7. The second kappa shape index (κ2) is 11.5. The zero-order valence-electron chi connectivity index (χ0n) is 20.8. The number of benzene rings is 3. The van der Waals surface area contributed by atoms with E-state index in [0.717, 1.165) is 18.5 Å². The number of carbonyl (C=O) groups excluding carboxylic acids is 2. The van der Waals surface area contributed by atoms with Crippen LogP contribution in [0.4, 0.5) is 10.1 Å². The van der Waals surface area contributed by atoms with E-state index >= 15 is 0 Å². The van der Waals surface area contributed by atoms with E-state index in [1.165, 1.54) is 36.6 Å². The van der Waals surface area contributed by atoms with Gasteiger partial charge in [-0.3, -0.25) is 14.2 Å². The molecule has 0 aliphatic carbocycles. The van der Waals surface area contributed by atoms with Gasteiger partial charge in [-0.15, -0.1) is 10.2 Å². The standard InChI is InChI=1S/C28H26FN5O3S/c1-37-23-9-4-7-20(16-23)27(36)30-17-25-31-32-28(34(25)22-13-11-21(29)12-14-22)38-18-26(35)33-15-5-8-19-6-2-3-10-24(19)33/h2-4,6-7,9-14,16H,5,8,15,17-18H2,1H3,(H,30,36). The van der Waals surface area contributed by atoms with Crippen molar-refractivity contribution in [2.45, 2.75) is 24.5 Å². The van der Waals surface area contributed by atoms with Gasteiger partial charge in [0.1, 0.15) is 11.6 Å². The van der Waals surface area contributed by atoms with Crippen LogP contribution in [0.5, 0.6) is 5.75 Å². The fourth-order valence-electron chi connectivity index (χ4n) is 4.38. The summed E-state index contributed by atoms with van der Waals surface area (Å²) in [7, 11) is 1.54. The van der Waals surface area contributed by atoms with Gasteiger partial charge in [-0.25, -0.2) is 4.39 Å². The van der Waals surface area contributed by atoms with Crippen molar-refractivity contribution in [2.75, 3.05) is 24.3 Å². The lowest BCUT2D eigenvalue weighted by molar-refractivity contribution is -0.116. The third-order valence-corrected chi connectivity index (χ3v) is 7.17. The molecule has 2 heterocycles. The molecule has 10 heteroatoms. The number of fused-ring (bicyclic) bond motifs is 1. The van der Waals surface area contributed by atoms with Crippen LogP contribution >= 0.6 is 11.8 Å². The molecule has 3 aromatic carbocycles. The number of ether oxygens (including phenoxy) is 1. The van der Waals surface area contributed by atoms with Gasteiger partial charge in [-0.1, -0.05) is 36.0 Å². The Kier molecular flexibility index (Phi) is 7.69. The Labute approximate surface area is 223 Å². The Hall–Kier alpha value is -4.18. The normalized spacial score (nSPS) is 12.6.